The first-order valence-corrected chi connectivity index (χ1v) is 10.5. The molecule has 3 aromatic rings. The molecule has 2 aliphatic heterocycles. The van der Waals surface area contributed by atoms with Gasteiger partial charge in [-0.3, -0.25) is 14.8 Å². The Morgan fingerprint density at radius 2 is 1.90 bits per heavy atom. The normalized spacial score (nSPS) is 21.2. The summed E-state index contributed by atoms with van der Waals surface area (Å²) in [4.78, 5) is 30.2. The van der Waals surface area contributed by atoms with Crippen LogP contribution in [0.2, 0.25) is 0 Å². The summed E-state index contributed by atoms with van der Waals surface area (Å²) >= 11 is 0. The number of nitrogens with zero attached hydrogens (tertiary/aromatic N) is 5. The fourth-order valence-corrected chi connectivity index (χ4v) is 4.97. The highest BCUT2D eigenvalue weighted by molar-refractivity contribution is 5.94. The van der Waals surface area contributed by atoms with Gasteiger partial charge in [0.2, 0.25) is 0 Å². The topological polar surface area (TPSA) is 82.5 Å². The molecule has 2 aliphatic rings. The third-order valence-electron chi connectivity index (χ3n) is 6.45. The minimum Gasteiger partial charge on any atom is -0.391 e. The van der Waals surface area contributed by atoms with E-state index in [1.807, 2.05) is 18.3 Å². The molecule has 7 nitrogen and oxygen atoms in total. The number of anilines is 1. The monoisotopic (exact) mass is 403 g/mol. The molecule has 3 aromatic heterocycles. The van der Waals surface area contributed by atoms with E-state index in [0.717, 1.165) is 49.1 Å². The van der Waals surface area contributed by atoms with E-state index in [0.29, 0.717) is 18.7 Å². The molecule has 1 spiro atoms. The largest absolute Gasteiger partial charge is 0.391 e. The van der Waals surface area contributed by atoms with Crippen molar-refractivity contribution in [2.24, 2.45) is 5.41 Å². The number of aromatic nitrogens is 3. The summed E-state index contributed by atoms with van der Waals surface area (Å²) in [7, 11) is 0. The molecule has 1 atom stereocenters. The van der Waals surface area contributed by atoms with Gasteiger partial charge in [0, 0.05) is 56.4 Å². The first-order valence-electron chi connectivity index (χ1n) is 10.5. The van der Waals surface area contributed by atoms with Crippen LogP contribution in [0, 0.1) is 5.41 Å². The number of carbonyl (C=O) groups excluding carboxylic acids is 1. The molecule has 30 heavy (non-hydrogen) atoms. The zero-order valence-electron chi connectivity index (χ0n) is 16.8. The maximum atomic E-state index is 13.0. The molecule has 7 heteroatoms. The van der Waals surface area contributed by atoms with Crippen LogP contribution in [-0.2, 0) is 0 Å². The predicted molar refractivity (Wildman–Crippen MR) is 114 cm³/mol. The third-order valence-corrected chi connectivity index (χ3v) is 6.45. The molecule has 1 N–H and O–H groups in total. The van der Waals surface area contributed by atoms with Crippen molar-refractivity contribution in [1.29, 1.82) is 0 Å². The highest BCUT2D eigenvalue weighted by Crippen LogP contribution is 2.41. The van der Waals surface area contributed by atoms with Crippen molar-refractivity contribution in [3.05, 3.63) is 60.7 Å². The number of piperidine rings is 2. The first kappa shape index (κ1) is 18.9. The number of carbonyl (C=O) groups is 1. The van der Waals surface area contributed by atoms with Crippen LogP contribution in [0.5, 0.6) is 0 Å². The van der Waals surface area contributed by atoms with Gasteiger partial charge < -0.3 is 14.9 Å². The van der Waals surface area contributed by atoms with Crippen LogP contribution in [0.25, 0.3) is 10.9 Å². The van der Waals surface area contributed by atoms with Crippen molar-refractivity contribution in [1.82, 2.24) is 19.9 Å². The molecule has 0 bridgehead atoms. The molecule has 2 saturated heterocycles. The highest BCUT2D eigenvalue weighted by Gasteiger charge is 2.43. The summed E-state index contributed by atoms with van der Waals surface area (Å²) in [6.07, 6.45) is 8.95. The molecule has 1 amide bonds. The molecule has 0 radical (unpaired) electrons. The Morgan fingerprint density at radius 1 is 1.07 bits per heavy atom. The van der Waals surface area contributed by atoms with Crippen LogP contribution < -0.4 is 4.90 Å². The van der Waals surface area contributed by atoms with Gasteiger partial charge >= 0.3 is 0 Å². The molecular weight excluding hydrogens is 378 g/mol. The van der Waals surface area contributed by atoms with Crippen molar-refractivity contribution < 1.29 is 9.90 Å². The maximum Gasteiger partial charge on any atom is 0.255 e. The van der Waals surface area contributed by atoms with Crippen LogP contribution in [0.3, 0.4) is 0 Å². The standard InChI is InChI=1S/C23H25N5O2/c29-18-13-23(16-28(15-18)22(30)17-3-1-8-24-14-17)6-11-27(12-7-23)21-19-4-2-9-25-20(19)5-10-26-21/h1-5,8-10,14,18,29H,6-7,11-13,15-16H2. The number of β-amino-alcohol motifs (C(OH)–C–C–N with tert-alkyl or cyclic N) is 1. The molecule has 0 saturated carbocycles. The molecule has 5 heterocycles. The highest BCUT2D eigenvalue weighted by atomic mass is 16.3. The van der Waals surface area contributed by atoms with Crippen molar-refractivity contribution in [3.8, 4) is 0 Å². The van der Waals surface area contributed by atoms with Crippen LogP contribution in [-0.4, -0.2) is 63.1 Å². The fourth-order valence-electron chi connectivity index (χ4n) is 4.97. The van der Waals surface area contributed by atoms with Gasteiger partial charge in [-0.2, -0.15) is 0 Å². The van der Waals surface area contributed by atoms with Gasteiger partial charge in [-0.25, -0.2) is 4.98 Å². The quantitative estimate of drug-likeness (QED) is 0.708. The van der Waals surface area contributed by atoms with Crippen molar-refractivity contribution >= 4 is 22.6 Å². The van der Waals surface area contributed by atoms with Crippen molar-refractivity contribution in [3.63, 3.8) is 0 Å². The summed E-state index contributed by atoms with van der Waals surface area (Å²) in [5, 5.41) is 11.6. The SMILES string of the molecule is O=C(c1cccnc1)N1CC(O)CC2(CCN(c3nccc4ncccc34)CC2)C1. The summed E-state index contributed by atoms with van der Waals surface area (Å²) in [5.41, 5.74) is 1.46. The second kappa shape index (κ2) is 7.65. The van der Waals surface area contributed by atoms with Gasteiger partial charge in [-0.05, 0) is 55.0 Å². The smallest absolute Gasteiger partial charge is 0.255 e. The summed E-state index contributed by atoms with van der Waals surface area (Å²) in [5.74, 6) is 0.917. The molecule has 5 rings (SSSR count). The van der Waals surface area contributed by atoms with E-state index in [9.17, 15) is 9.90 Å². The lowest BCUT2D eigenvalue weighted by Gasteiger charge is -2.49. The number of fused-ring (bicyclic) bond motifs is 1. The lowest BCUT2D eigenvalue weighted by Crippen LogP contribution is -2.55. The summed E-state index contributed by atoms with van der Waals surface area (Å²) in [6, 6.07) is 9.50. The molecule has 2 fully saturated rings. The van der Waals surface area contributed by atoms with Crippen LogP contribution >= 0.6 is 0 Å². The Kier molecular flexibility index (Phi) is 4.83. The van der Waals surface area contributed by atoms with E-state index in [2.05, 4.69) is 25.9 Å². The molecule has 1 unspecified atom stereocenters. The number of hydrogen-bond donors (Lipinski definition) is 1. The predicted octanol–water partition coefficient (Wildman–Crippen LogP) is 2.52. The Balaban J connectivity index is 1.33. The number of rotatable bonds is 2. The molecule has 154 valence electrons. The van der Waals surface area contributed by atoms with Gasteiger partial charge in [0.05, 0.1) is 17.2 Å². The van der Waals surface area contributed by atoms with Gasteiger partial charge in [0.25, 0.3) is 5.91 Å². The van der Waals surface area contributed by atoms with Crippen molar-refractivity contribution in [2.45, 2.75) is 25.4 Å². The van der Waals surface area contributed by atoms with E-state index in [-0.39, 0.29) is 11.3 Å². The maximum absolute atomic E-state index is 13.0. The summed E-state index contributed by atoms with van der Waals surface area (Å²) in [6.45, 7) is 2.76. The number of aliphatic hydroxyl groups is 1. The van der Waals surface area contributed by atoms with E-state index in [4.69, 9.17) is 0 Å². The van der Waals surface area contributed by atoms with Crippen LogP contribution in [0.4, 0.5) is 5.82 Å². The number of amides is 1. The van der Waals surface area contributed by atoms with Gasteiger partial charge in [-0.1, -0.05) is 0 Å². The van der Waals surface area contributed by atoms with Crippen LogP contribution in [0.1, 0.15) is 29.6 Å². The zero-order valence-corrected chi connectivity index (χ0v) is 16.8. The van der Waals surface area contributed by atoms with Gasteiger partial charge in [0.1, 0.15) is 5.82 Å². The number of pyridine rings is 3. The Bertz CT molecular complexity index is 1040. The lowest BCUT2D eigenvalue weighted by atomic mass is 9.71. The number of aliphatic hydroxyl groups excluding tert-OH is 1. The Hall–Kier alpha value is -3.06. The minimum absolute atomic E-state index is 0.0505. The third kappa shape index (κ3) is 3.50. The van der Waals surface area contributed by atoms with E-state index >= 15 is 0 Å². The number of likely N-dealkylation sites (tertiary alicyclic amines) is 1. The molecule has 0 aromatic carbocycles. The van der Waals surface area contributed by atoms with Crippen LogP contribution in [0.15, 0.2) is 55.1 Å². The molecule has 0 aliphatic carbocycles. The lowest BCUT2D eigenvalue weighted by molar-refractivity contribution is -0.0150. The average Bonchev–Trinajstić information content (AvgIpc) is 2.79. The van der Waals surface area contributed by atoms with Crippen molar-refractivity contribution in [2.75, 3.05) is 31.1 Å². The van der Waals surface area contributed by atoms with E-state index < -0.39 is 6.10 Å². The van der Waals surface area contributed by atoms with Gasteiger partial charge in [-0.15, -0.1) is 0 Å². The second-order valence-corrected chi connectivity index (χ2v) is 8.48. The fraction of sp³-hybridized carbons (Fsp3) is 0.391. The minimum atomic E-state index is -0.495. The average molecular weight is 403 g/mol. The Labute approximate surface area is 175 Å². The first-order chi connectivity index (χ1) is 14.6. The second-order valence-electron chi connectivity index (χ2n) is 8.48. The zero-order chi connectivity index (χ0) is 20.6. The van der Waals surface area contributed by atoms with E-state index in [1.165, 1.54) is 0 Å². The molecular formula is C23H25N5O2. The Morgan fingerprint density at radius 3 is 2.70 bits per heavy atom. The number of hydrogen-bond acceptors (Lipinski definition) is 6. The van der Waals surface area contributed by atoms with E-state index in [1.54, 1.807) is 35.6 Å². The van der Waals surface area contributed by atoms with Gasteiger partial charge in [0.15, 0.2) is 0 Å². The summed E-state index contributed by atoms with van der Waals surface area (Å²) < 4.78 is 0.